The van der Waals surface area contributed by atoms with Crippen LogP contribution in [-0.2, 0) is 0 Å². The molecule has 0 fully saturated rings. The Labute approximate surface area is 89.9 Å². The van der Waals surface area contributed by atoms with Crippen LogP contribution in [0.25, 0.3) is 10.9 Å². The molecular formula is C10H6ClFN2O. The van der Waals surface area contributed by atoms with Gasteiger partial charge in [-0.25, -0.2) is 4.39 Å². The van der Waals surface area contributed by atoms with Gasteiger partial charge in [0.15, 0.2) is 5.78 Å². The van der Waals surface area contributed by atoms with E-state index in [1.165, 1.54) is 25.1 Å². The van der Waals surface area contributed by atoms with E-state index in [0.717, 1.165) is 0 Å². The molecule has 1 aromatic carbocycles. The quantitative estimate of drug-likeness (QED) is 0.700. The van der Waals surface area contributed by atoms with Gasteiger partial charge in [0, 0.05) is 12.3 Å². The Morgan fingerprint density at radius 3 is 2.80 bits per heavy atom. The smallest absolute Gasteiger partial charge is 0.181 e. The first-order valence-electron chi connectivity index (χ1n) is 4.22. The lowest BCUT2D eigenvalue weighted by molar-refractivity contribution is 0.101. The van der Waals surface area contributed by atoms with E-state index < -0.39 is 5.82 Å². The molecule has 76 valence electrons. The van der Waals surface area contributed by atoms with Crippen LogP contribution in [0.1, 0.15) is 17.4 Å². The second kappa shape index (κ2) is 3.55. The van der Waals surface area contributed by atoms with Crippen molar-refractivity contribution in [2.45, 2.75) is 6.92 Å². The molecule has 0 aliphatic rings. The maximum Gasteiger partial charge on any atom is 0.181 e. The number of hydrogen-bond donors (Lipinski definition) is 0. The Morgan fingerprint density at radius 1 is 1.40 bits per heavy atom. The van der Waals surface area contributed by atoms with Crippen LogP contribution in [0.5, 0.6) is 0 Å². The van der Waals surface area contributed by atoms with E-state index in [0.29, 0.717) is 10.9 Å². The van der Waals surface area contributed by atoms with Crippen LogP contribution < -0.4 is 0 Å². The molecule has 2 rings (SSSR count). The van der Waals surface area contributed by atoms with Crippen molar-refractivity contribution in [2.24, 2.45) is 0 Å². The second-order valence-electron chi connectivity index (χ2n) is 3.08. The second-order valence-corrected chi connectivity index (χ2v) is 3.46. The van der Waals surface area contributed by atoms with Gasteiger partial charge < -0.3 is 0 Å². The van der Waals surface area contributed by atoms with Gasteiger partial charge in [0.1, 0.15) is 11.5 Å². The van der Waals surface area contributed by atoms with E-state index in [1.807, 2.05) is 0 Å². The Bertz CT molecular complexity index is 556. The summed E-state index contributed by atoms with van der Waals surface area (Å²) >= 11 is 5.92. The van der Waals surface area contributed by atoms with Gasteiger partial charge in [0.25, 0.3) is 0 Å². The fourth-order valence-electron chi connectivity index (χ4n) is 1.27. The Balaban J connectivity index is 2.82. The fraction of sp³-hybridized carbons (Fsp3) is 0.100. The number of aromatic nitrogens is 2. The standard InChI is InChI=1S/C10H6ClFN2O/c1-5(15)10-9(11)7-4-6(12)2-3-8(7)13-14-10/h2-4H,1H3. The molecule has 0 amide bonds. The molecular weight excluding hydrogens is 219 g/mol. The molecule has 1 heterocycles. The summed E-state index contributed by atoms with van der Waals surface area (Å²) in [5.41, 5.74) is 0.529. The summed E-state index contributed by atoms with van der Waals surface area (Å²) in [5, 5.41) is 8.01. The molecule has 0 saturated carbocycles. The minimum Gasteiger partial charge on any atom is -0.293 e. The Hall–Kier alpha value is -1.55. The third-order valence-electron chi connectivity index (χ3n) is 1.99. The summed E-state index contributed by atoms with van der Waals surface area (Å²) in [4.78, 5) is 11.1. The predicted molar refractivity (Wildman–Crippen MR) is 54.5 cm³/mol. The predicted octanol–water partition coefficient (Wildman–Crippen LogP) is 2.62. The van der Waals surface area contributed by atoms with Crippen molar-refractivity contribution in [1.82, 2.24) is 10.2 Å². The average Bonchev–Trinajstić information content (AvgIpc) is 2.19. The van der Waals surface area contributed by atoms with Crippen molar-refractivity contribution in [3.8, 4) is 0 Å². The Kier molecular flexibility index (Phi) is 2.36. The van der Waals surface area contributed by atoms with Crippen molar-refractivity contribution in [1.29, 1.82) is 0 Å². The van der Waals surface area contributed by atoms with Crippen LogP contribution in [0.15, 0.2) is 18.2 Å². The summed E-state index contributed by atoms with van der Waals surface area (Å²) in [6, 6.07) is 3.97. The van der Waals surface area contributed by atoms with Crippen LogP contribution in [0.2, 0.25) is 5.02 Å². The molecule has 3 nitrogen and oxygen atoms in total. The van der Waals surface area contributed by atoms with Crippen LogP contribution in [0, 0.1) is 5.82 Å². The van der Waals surface area contributed by atoms with Gasteiger partial charge in [-0.2, -0.15) is 0 Å². The molecule has 0 aliphatic heterocycles. The number of Topliss-reactive ketones (excluding diaryl/α,β-unsaturated/α-hetero) is 1. The molecule has 0 atom stereocenters. The maximum absolute atomic E-state index is 13.0. The first kappa shape index (κ1) is 9.98. The maximum atomic E-state index is 13.0. The first-order valence-corrected chi connectivity index (χ1v) is 4.60. The van der Waals surface area contributed by atoms with Gasteiger partial charge in [-0.05, 0) is 18.2 Å². The minimum absolute atomic E-state index is 0.0646. The molecule has 0 aliphatic carbocycles. The summed E-state index contributed by atoms with van der Waals surface area (Å²) in [6.45, 7) is 1.33. The topological polar surface area (TPSA) is 42.9 Å². The number of benzene rings is 1. The number of hydrogen-bond acceptors (Lipinski definition) is 3. The van der Waals surface area contributed by atoms with Crippen LogP contribution >= 0.6 is 11.6 Å². The van der Waals surface area contributed by atoms with E-state index in [-0.39, 0.29) is 16.5 Å². The minimum atomic E-state index is -0.424. The van der Waals surface area contributed by atoms with Crippen molar-refractivity contribution < 1.29 is 9.18 Å². The lowest BCUT2D eigenvalue weighted by atomic mass is 10.2. The number of ketones is 1. The van der Waals surface area contributed by atoms with Crippen molar-refractivity contribution in [3.05, 3.63) is 34.7 Å². The molecule has 15 heavy (non-hydrogen) atoms. The van der Waals surface area contributed by atoms with E-state index in [1.54, 1.807) is 0 Å². The number of nitrogens with zero attached hydrogens (tertiary/aromatic N) is 2. The highest BCUT2D eigenvalue weighted by molar-refractivity contribution is 6.38. The molecule has 0 saturated heterocycles. The highest BCUT2D eigenvalue weighted by Crippen LogP contribution is 2.24. The molecule has 2 aromatic rings. The van der Waals surface area contributed by atoms with Gasteiger partial charge in [0.2, 0.25) is 0 Å². The molecule has 5 heteroatoms. The number of carbonyl (C=O) groups excluding carboxylic acids is 1. The molecule has 0 N–H and O–H groups in total. The van der Waals surface area contributed by atoms with Gasteiger partial charge >= 0.3 is 0 Å². The van der Waals surface area contributed by atoms with Gasteiger partial charge in [-0.1, -0.05) is 11.6 Å². The van der Waals surface area contributed by atoms with Gasteiger partial charge in [-0.15, -0.1) is 10.2 Å². The molecule has 0 radical (unpaired) electrons. The fourth-order valence-corrected chi connectivity index (χ4v) is 1.59. The summed E-state index contributed by atoms with van der Waals surface area (Å²) < 4.78 is 13.0. The third-order valence-corrected chi connectivity index (χ3v) is 2.38. The van der Waals surface area contributed by atoms with Crippen LogP contribution in [-0.4, -0.2) is 16.0 Å². The number of carbonyl (C=O) groups is 1. The SMILES string of the molecule is CC(=O)c1nnc2ccc(F)cc2c1Cl. The molecule has 1 aromatic heterocycles. The normalized spacial score (nSPS) is 10.6. The summed E-state index contributed by atoms with van der Waals surface area (Å²) in [7, 11) is 0. The van der Waals surface area contributed by atoms with E-state index >= 15 is 0 Å². The average molecular weight is 225 g/mol. The highest BCUT2D eigenvalue weighted by atomic mass is 35.5. The largest absolute Gasteiger partial charge is 0.293 e. The zero-order valence-corrected chi connectivity index (χ0v) is 8.55. The zero-order chi connectivity index (χ0) is 11.0. The summed E-state index contributed by atoms with van der Waals surface area (Å²) in [5.74, 6) is -0.717. The van der Waals surface area contributed by atoms with E-state index in [2.05, 4.69) is 10.2 Å². The molecule has 0 spiro atoms. The third kappa shape index (κ3) is 1.68. The first-order chi connectivity index (χ1) is 7.09. The number of rotatable bonds is 1. The zero-order valence-electron chi connectivity index (χ0n) is 7.79. The lowest BCUT2D eigenvalue weighted by Gasteiger charge is -2.02. The summed E-state index contributed by atoms with van der Waals surface area (Å²) in [6.07, 6.45) is 0. The van der Waals surface area contributed by atoms with E-state index in [9.17, 15) is 9.18 Å². The molecule has 0 bridgehead atoms. The van der Waals surface area contributed by atoms with Gasteiger partial charge in [-0.3, -0.25) is 4.79 Å². The lowest BCUT2D eigenvalue weighted by Crippen LogP contribution is -2.01. The van der Waals surface area contributed by atoms with Gasteiger partial charge in [0.05, 0.1) is 10.5 Å². The Morgan fingerprint density at radius 2 is 2.13 bits per heavy atom. The van der Waals surface area contributed by atoms with Crippen LogP contribution in [0.4, 0.5) is 4.39 Å². The van der Waals surface area contributed by atoms with Crippen molar-refractivity contribution in [3.63, 3.8) is 0 Å². The number of fused-ring (bicyclic) bond motifs is 1. The van der Waals surface area contributed by atoms with Crippen molar-refractivity contribution >= 4 is 28.3 Å². The van der Waals surface area contributed by atoms with Crippen LogP contribution in [0.3, 0.4) is 0 Å². The number of halogens is 2. The molecule has 0 unspecified atom stereocenters. The van der Waals surface area contributed by atoms with E-state index in [4.69, 9.17) is 11.6 Å². The monoisotopic (exact) mass is 224 g/mol. The highest BCUT2D eigenvalue weighted by Gasteiger charge is 2.12. The van der Waals surface area contributed by atoms with Crippen molar-refractivity contribution in [2.75, 3.05) is 0 Å².